The third-order valence-corrected chi connectivity index (χ3v) is 9.40. The first-order valence-electron chi connectivity index (χ1n) is 13.9. The van der Waals surface area contributed by atoms with Gasteiger partial charge in [-0.25, -0.2) is 15.0 Å². The maximum atomic E-state index is 14.0. The molecule has 1 saturated carbocycles. The molecule has 10 nitrogen and oxygen atoms in total. The Morgan fingerprint density at radius 1 is 1.05 bits per heavy atom. The van der Waals surface area contributed by atoms with Gasteiger partial charge in [-0.1, -0.05) is 13.0 Å². The van der Waals surface area contributed by atoms with E-state index < -0.39 is 6.04 Å². The summed E-state index contributed by atoms with van der Waals surface area (Å²) in [6.45, 7) is 11.2. The van der Waals surface area contributed by atoms with E-state index in [1.807, 2.05) is 39.8 Å². The van der Waals surface area contributed by atoms with Crippen molar-refractivity contribution in [3.05, 3.63) is 63.5 Å². The number of fused-ring (bicyclic) bond motifs is 2. The van der Waals surface area contributed by atoms with Crippen molar-refractivity contribution in [3.63, 3.8) is 0 Å². The molecule has 0 aromatic carbocycles. The number of aromatic nitrogens is 5. The van der Waals surface area contributed by atoms with E-state index in [0.29, 0.717) is 45.1 Å². The van der Waals surface area contributed by atoms with Crippen molar-refractivity contribution in [3.8, 4) is 11.3 Å². The lowest BCUT2D eigenvalue weighted by atomic mass is 10.0. The lowest BCUT2D eigenvalue weighted by Crippen LogP contribution is -2.46. The molecule has 42 heavy (non-hydrogen) atoms. The number of Topliss-reactive ketones (excluding diaryl/α,β-unsaturated/α-hetero) is 1. The van der Waals surface area contributed by atoms with Gasteiger partial charge in [-0.2, -0.15) is 0 Å². The quantitative estimate of drug-likeness (QED) is 0.232. The molecule has 5 heterocycles. The molecule has 3 atom stereocenters. The largest absolute Gasteiger partial charge is 0.336 e. The molecule has 0 unspecified atom stereocenters. The Morgan fingerprint density at radius 2 is 1.76 bits per heavy atom. The summed E-state index contributed by atoms with van der Waals surface area (Å²) in [5.41, 5.74) is 5.05. The van der Waals surface area contributed by atoms with Crippen molar-refractivity contribution < 1.29 is 14.4 Å². The van der Waals surface area contributed by atoms with Crippen LogP contribution in [0.1, 0.15) is 59.7 Å². The van der Waals surface area contributed by atoms with Gasteiger partial charge in [-0.05, 0) is 86.0 Å². The van der Waals surface area contributed by atoms with Gasteiger partial charge in [0.05, 0.1) is 16.9 Å². The number of anilines is 1. The van der Waals surface area contributed by atoms with Gasteiger partial charge in [0, 0.05) is 41.1 Å². The lowest BCUT2D eigenvalue weighted by molar-refractivity contribution is -0.138. The maximum Gasteiger partial charge on any atom is 0.248 e. The number of piperidine rings is 1. The number of likely N-dealkylation sites (tertiary alicyclic amines) is 1. The molecule has 4 aromatic rings. The van der Waals surface area contributed by atoms with Crippen LogP contribution in [0.2, 0.25) is 0 Å². The van der Waals surface area contributed by atoms with Gasteiger partial charge >= 0.3 is 0 Å². The monoisotopic (exact) mass is 629 g/mol. The first kappa shape index (κ1) is 28.1. The number of ketones is 1. The van der Waals surface area contributed by atoms with Gasteiger partial charge in [-0.3, -0.25) is 19.4 Å². The maximum absolute atomic E-state index is 14.0. The molecule has 6 rings (SSSR count). The van der Waals surface area contributed by atoms with E-state index in [1.165, 1.54) is 6.92 Å². The zero-order valence-corrected chi connectivity index (χ0v) is 26.0. The third-order valence-electron chi connectivity index (χ3n) is 8.60. The van der Waals surface area contributed by atoms with Gasteiger partial charge in [0.25, 0.3) is 0 Å². The van der Waals surface area contributed by atoms with Crippen LogP contribution in [0.5, 0.6) is 0 Å². The molecule has 2 aliphatic rings. The van der Waals surface area contributed by atoms with Crippen LogP contribution in [0.4, 0.5) is 5.82 Å². The summed E-state index contributed by atoms with van der Waals surface area (Å²) in [6, 6.07) is 3.21. The van der Waals surface area contributed by atoms with Crippen LogP contribution in [0.3, 0.4) is 0 Å². The van der Waals surface area contributed by atoms with Gasteiger partial charge in [-0.15, -0.1) is 0 Å². The number of amides is 2. The van der Waals surface area contributed by atoms with Crippen molar-refractivity contribution in [2.45, 2.75) is 73.0 Å². The SMILES string of the molecule is CC(=O)c1cn(CC(=O)N2[C@H](C(=O)Nc3nc(Br)c(C)cc3C)C[C@@]3(C)C[C@@H]23)c2c(C)nc(-c3cnc(C)nc3)cc12. The summed E-state index contributed by atoms with van der Waals surface area (Å²) in [5, 5.41) is 3.68. The fraction of sp³-hybridized carbons (Fsp3) is 0.387. The number of hydrogen-bond acceptors (Lipinski definition) is 7. The normalized spacial score (nSPS) is 21.0. The molecule has 216 valence electrons. The van der Waals surface area contributed by atoms with Gasteiger partial charge in [0.2, 0.25) is 11.8 Å². The van der Waals surface area contributed by atoms with E-state index in [0.717, 1.165) is 28.5 Å². The highest BCUT2D eigenvalue weighted by Crippen LogP contribution is 2.59. The van der Waals surface area contributed by atoms with Crippen LogP contribution in [0.25, 0.3) is 22.2 Å². The summed E-state index contributed by atoms with van der Waals surface area (Å²) in [5.74, 6) is 0.619. The zero-order chi connectivity index (χ0) is 30.1. The van der Waals surface area contributed by atoms with Crippen molar-refractivity contribution >= 4 is 50.2 Å². The topological polar surface area (TPSA) is 123 Å². The van der Waals surface area contributed by atoms with Gasteiger partial charge < -0.3 is 14.8 Å². The van der Waals surface area contributed by atoms with Crippen molar-refractivity contribution in [1.82, 2.24) is 29.4 Å². The minimum absolute atomic E-state index is 0.000950. The van der Waals surface area contributed by atoms with E-state index in [9.17, 15) is 14.4 Å². The van der Waals surface area contributed by atoms with E-state index in [1.54, 1.807) is 28.1 Å². The number of nitrogens with one attached hydrogen (secondary N) is 1. The van der Waals surface area contributed by atoms with Crippen molar-refractivity contribution in [1.29, 1.82) is 0 Å². The molecule has 4 aromatic heterocycles. The average molecular weight is 631 g/mol. The highest BCUT2D eigenvalue weighted by atomic mass is 79.9. The van der Waals surface area contributed by atoms with Crippen LogP contribution in [-0.2, 0) is 16.1 Å². The molecule has 2 fully saturated rings. The molecule has 0 radical (unpaired) electrons. The average Bonchev–Trinajstić information content (AvgIpc) is 3.28. The summed E-state index contributed by atoms with van der Waals surface area (Å²) < 4.78 is 2.46. The molecule has 1 N–H and O–H groups in total. The van der Waals surface area contributed by atoms with Crippen molar-refractivity contribution in [2.24, 2.45) is 5.41 Å². The van der Waals surface area contributed by atoms with Gasteiger partial charge in [0.15, 0.2) is 5.78 Å². The Labute approximate surface area is 252 Å². The molecule has 11 heteroatoms. The molecular weight excluding hydrogens is 598 g/mol. The number of hydrogen-bond donors (Lipinski definition) is 1. The standard InChI is InChI=1S/C31H32BrN7O3/c1-15-7-16(2)29(36-28(15)32)37-30(42)24-9-31(6)10-25(31)39(24)26(41)14-38-13-22(18(4)40)21-8-23(35-17(3)27(21)38)20-11-33-19(5)34-12-20/h7-8,11-13,24-25H,9-10,14H2,1-6H3,(H,36,37,42)/t24-,25+,31-/m0/s1. The second-order valence-corrected chi connectivity index (χ2v) is 12.6. The van der Waals surface area contributed by atoms with E-state index in [4.69, 9.17) is 4.98 Å². The molecule has 0 bridgehead atoms. The first-order chi connectivity index (χ1) is 19.9. The zero-order valence-electron chi connectivity index (χ0n) is 24.4. The van der Waals surface area contributed by atoms with E-state index in [-0.39, 0.29) is 35.6 Å². The van der Waals surface area contributed by atoms with E-state index in [2.05, 4.69) is 43.1 Å². The van der Waals surface area contributed by atoms with Crippen LogP contribution < -0.4 is 5.32 Å². The number of carbonyl (C=O) groups excluding carboxylic acids is 3. The first-order valence-corrected chi connectivity index (χ1v) is 14.7. The highest BCUT2D eigenvalue weighted by molar-refractivity contribution is 9.10. The Kier molecular flexibility index (Phi) is 6.75. The predicted molar refractivity (Wildman–Crippen MR) is 162 cm³/mol. The summed E-state index contributed by atoms with van der Waals surface area (Å²) in [6.07, 6.45) is 6.60. The second-order valence-electron chi connectivity index (χ2n) is 11.9. The van der Waals surface area contributed by atoms with Crippen LogP contribution in [-0.4, -0.2) is 59.1 Å². The number of carbonyl (C=O) groups is 3. The number of nitrogens with zero attached hydrogens (tertiary/aromatic N) is 6. The minimum Gasteiger partial charge on any atom is -0.336 e. The van der Waals surface area contributed by atoms with Crippen molar-refractivity contribution in [2.75, 3.05) is 5.32 Å². The third kappa shape index (κ3) is 4.79. The molecule has 0 spiro atoms. The summed E-state index contributed by atoms with van der Waals surface area (Å²) in [4.78, 5) is 59.8. The Bertz CT molecular complexity index is 1800. The van der Waals surface area contributed by atoms with Gasteiger partial charge in [0.1, 0.15) is 28.8 Å². The van der Waals surface area contributed by atoms with Crippen LogP contribution in [0.15, 0.2) is 35.3 Å². The molecule has 1 aliphatic heterocycles. The molecule has 2 amide bonds. The lowest BCUT2D eigenvalue weighted by Gasteiger charge is -2.27. The Morgan fingerprint density at radius 3 is 2.45 bits per heavy atom. The summed E-state index contributed by atoms with van der Waals surface area (Å²) in [7, 11) is 0. The number of pyridine rings is 2. The fourth-order valence-electron chi connectivity index (χ4n) is 6.24. The highest BCUT2D eigenvalue weighted by Gasteiger charge is 2.64. The number of rotatable bonds is 6. The van der Waals surface area contributed by atoms with Crippen LogP contribution >= 0.6 is 15.9 Å². The fourth-order valence-corrected chi connectivity index (χ4v) is 6.53. The number of halogens is 1. The number of aryl methyl sites for hydroxylation is 4. The molecule has 1 saturated heterocycles. The minimum atomic E-state index is -0.607. The Hall–Kier alpha value is -3.99. The molecular formula is C31H32BrN7O3. The Balaban J connectivity index is 1.31. The van der Waals surface area contributed by atoms with Crippen LogP contribution in [0, 0.1) is 33.1 Å². The summed E-state index contributed by atoms with van der Waals surface area (Å²) >= 11 is 3.44. The smallest absolute Gasteiger partial charge is 0.248 e. The van der Waals surface area contributed by atoms with E-state index >= 15 is 0 Å². The second kappa shape index (κ2) is 10.1. The molecule has 1 aliphatic carbocycles. The predicted octanol–water partition coefficient (Wildman–Crippen LogP) is 5.11.